The molecule has 0 aliphatic heterocycles. The number of carbonyl (C=O) groups excluding carboxylic acids is 1. The molecule has 0 aliphatic rings. The molecule has 1 amide bonds. The van der Waals surface area contributed by atoms with Gasteiger partial charge in [0, 0.05) is 12.6 Å². The maximum absolute atomic E-state index is 13.5. The Hall–Kier alpha value is -4.99. The zero-order valence-corrected chi connectivity index (χ0v) is 19.3. The monoisotopic (exact) mass is 478 g/mol. The highest BCUT2D eigenvalue weighted by Gasteiger charge is 2.19. The lowest BCUT2D eigenvalue weighted by molar-refractivity contribution is 0.102. The van der Waals surface area contributed by atoms with Crippen molar-refractivity contribution >= 4 is 28.4 Å². The van der Waals surface area contributed by atoms with E-state index in [0.717, 1.165) is 17.1 Å². The number of para-hydroxylation sites is 2. The van der Waals surface area contributed by atoms with Crippen LogP contribution in [-0.4, -0.2) is 40.0 Å². The molecule has 6 aromatic rings. The summed E-state index contributed by atoms with van der Waals surface area (Å²) < 4.78 is 17.0. The van der Waals surface area contributed by atoms with E-state index in [1.165, 1.54) is 18.3 Å². The van der Waals surface area contributed by atoms with Crippen LogP contribution < -0.4 is 5.32 Å². The van der Waals surface area contributed by atoms with Crippen molar-refractivity contribution in [2.45, 2.75) is 6.92 Å². The minimum absolute atomic E-state index is 0.189. The lowest BCUT2D eigenvalue weighted by Crippen LogP contribution is -2.14. The Bertz CT molecular complexity index is 1770. The molecular weight excluding hydrogens is 459 g/mol. The number of benzene rings is 2. The summed E-state index contributed by atoms with van der Waals surface area (Å²) in [5.41, 5.74) is 5.01. The molecule has 4 heterocycles. The first kappa shape index (κ1) is 21.5. The average Bonchev–Trinajstić information content (AvgIpc) is 3.43. The zero-order chi connectivity index (χ0) is 24.8. The Morgan fingerprint density at radius 3 is 2.53 bits per heavy atom. The van der Waals surface area contributed by atoms with Crippen LogP contribution in [0.3, 0.4) is 0 Å². The number of fused-ring (bicyclic) bond motifs is 2. The van der Waals surface area contributed by atoms with Crippen LogP contribution in [0.2, 0.25) is 0 Å². The molecular formula is C26H19FN8O. The van der Waals surface area contributed by atoms with Crippen molar-refractivity contribution in [3.05, 3.63) is 90.4 Å². The van der Waals surface area contributed by atoms with E-state index in [2.05, 4.69) is 25.3 Å². The van der Waals surface area contributed by atoms with E-state index in [1.807, 2.05) is 48.9 Å². The fraction of sp³-hybridized carbons (Fsp3) is 0.0769. The minimum Gasteiger partial charge on any atom is -0.330 e. The minimum atomic E-state index is -0.419. The van der Waals surface area contributed by atoms with Gasteiger partial charge in [-0.3, -0.25) is 9.78 Å². The van der Waals surface area contributed by atoms with Gasteiger partial charge in [0.15, 0.2) is 11.5 Å². The molecule has 2 aromatic carbocycles. The van der Waals surface area contributed by atoms with Crippen molar-refractivity contribution < 1.29 is 9.18 Å². The van der Waals surface area contributed by atoms with Gasteiger partial charge < -0.3 is 9.88 Å². The largest absolute Gasteiger partial charge is 0.330 e. The van der Waals surface area contributed by atoms with Gasteiger partial charge in [-0.1, -0.05) is 12.1 Å². The molecule has 0 saturated heterocycles. The third-order valence-corrected chi connectivity index (χ3v) is 5.92. The first-order valence-corrected chi connectivity index (χ1v) is 11.2. The van der Waals surface area contributed by atoms with Crippen LogP contribution in [-0.2, 0) is 7.05 Å². The fourth-order valence-corrected chi connectivity index (χ4v) is 4.03. The Morgan fingerprint density at radius 2 is 1.72 bits per heavy atom. The number of anilines is 1. The highest BCUT2D eigenvalue weighted by atomic mass is 19.1. The van der Waals surface area contributed by atoms with Crippen LogP contribution in [0.5, 0.6) is 0 Å². The first-order valence-electron chi connectivity index (χ1n) is 11.2. The summed E-state index contributed by atoms with van der Waals surface area (Å²) >= 11 is 0. The number of rotatable bonds is 4. The summed E-state index contributed by atoms with van der Waals surface area (Å²) in [7, 11) is 1.90. The molecule has 9 nitrogen and oxygen atoms in total. The molecule has 0 saturated carbocycles. The van der Waals surface area contributed by atoms with Crippen LogP contribution in [0, 0.1) is 12.7 Å². The summed E-state index contributed by atoms with van der Waals surface area (Å²) in [4.78, 5) is 30.6. The van der Waals surface area contributed by atoms with Gasteiger partial charge in [0.25, 0.3) is 5.91 Å². The first-order chi connectivity index (χ1) is 17.5. The summed E-state index contributed by atoms with van der Waals surface area (Å²) in [5.74, 6) is 0.397. The molecule has 4 aromatic heterocycles. The van der Waals surface area contributed by atoms with Crippen molar-refractivity contribution in [3.63, 3.8) is 0 Å². The number of carbonyl (C=O) groups is 1. The lowest BCUT2D eigenvalue weighted by atomic mass is 10.1. The second kappa shape index (κ2) is 8.35. The smallest absolute Gasteiger partial charge is 0.277 e. The summed E-state index contributed by atoms with van der Waals surface area (Å²) in [5, 5.41) is 7.47. The maximum atomic E-state index is 13.5. The van der Waals surface area contributed by atoms with E-state index in [0.29, 0.717) is 33.9 Å². The van der Waals surface area contributed by atoms with Gasteiger partial charge >= 0.3 is 0 Å². The molecule has 0 unspecified atom stereocenters. The molecule has 1 N–H and O–H groups in total. The van der Waals surface area contributed by atoms with E-state index in [9.17, 15) is 9.18 Å². The van der Waals surface area contributed by atoms with Gasteiger partial charge in [0.05, 0.1) is 34.8 Å². The second-order valence-electron chi connectivity index (χ2n) is 8.27. The van der Waals surface area contributed by atoms with E-state index in [1.54, 1.807) is 28.9 Å². The van der Waals surface area contributed by atoms with Crippen LogP contribution in [0.15, 0.2) is 73.1 Å². The van der Waals surface area contributed by atoms with Crippen LogP contribution in [0.25, 0.3) is 39.3 Å². The van der Waals surface area contributed by atoms with Gasteiger partial charge in [-0.25, -0.2) is 23.9 Å². The predicted molar refractivity (Wildman–Crippen MR) is 133 cm³/mol. The third kappa shape index (κ3) is 3.74. The van der Waals surface area contributed by atoms with Crippen molar-refractivity contribution in [2.24, 2.45) is 7.05 Å². The number of nitrogens with zero attached hydrogens (tertiary/aromatic N) is 7. The molecule has 0 spiro atoms. The number of imidazole rings is 2. The van der Waals surface area contributed by atoms with E-state index < -0.39 is 5.91 Å². The molecule has 10 heteroatoms. The molecule has 176 valence electrons. The van der Waals surface area contributed by atoms with Crippen LogP contribution in [0.1, 0.15) is 16.3 Å². The van der Waals surface area contributed by atoms with Gasteiger partial charge in [0.2, 0.25) is 0 Å². The van der Waals surface area contributed by atoms with Crippen molar-refractivity contribution in [2.75, 3.05) is 5.32 Å². The van der Waals surface area contributed by atoms with Crippen molar-refractivity contribution in [1.82, 2.24) is 34.1 Å². The number of aryl methyl sites for hydroxylation is 1. The van der Waals surface area contributed by atoms with Gasteiger partial charge in [-0.05, 0) is 55.5 Å². The highest BCUT2D eigenvalue weighted by molar-refractivity contribution is 6.03. The number of aromatic nitrogens is 7. The Morgan fingerprint density at radius 1 is 0.944 bits per heavy atom. The summed E-state index contributed by atoms with van der Waals surface area (Å²) in [6.07, 6.45) is 3.07. The Labute approximate surface area is 204 Å². The van der Waals surface area contributed by atoms with Gasteiger partial charge in [0.1, 0.15) is 23.0 Å². The summed E-state index contributed by atoms with van der Waals surface area (Å²) in [6.45, 7) is 1.90. The number of nitrogens with one attached hydrogen (secondary N) is 1. The number of amides is 1. The molecule has 0 radical (unpaired) electrons. The second-order valence-corrected chi connectivity index (χ2v) is 8.27. The average molecular weight is 478 g/mol. The molecule has 0 bridgehead atoms. The van der Waals surface area contributed by atoms with E-state index in [-0.39, 0.29) is 11.5 Å². The maximum Gasteiger partial charge on any atom is 0.277 e. The number of hydrogen-bond donors (Lipinski definition) is 1. The highest BCUT2D eigenvalue weighted by Crippen LogP contribution is 2.31. The SMILES string of the molecule is Cc1nc(-c2ccc(F)cc2)c(-c2ccc3nc(NC(=O)c4cnc5ccccc5n4)cn3n2)n1C. The fourth-order valence-electron chi connectivity index (χ4n) is 4.03. The number of halogens is 1. The molecule has 6 rings (SSSR count). The lowest BCUT2D eigenvalue weighted by Gasteiger charge is -2.07. The number of hydrogen-bond acceptors (Lipinski definition) is 6. The topological polar surface area (TPSA) is 103 Å². The Balaban J connectivity index is 1.33. The zero-order valence-electron chi connectivity index (χ0n) is 19.3. The standard InChI is InChI=1S/C26H19FN8O/c1-15-29-24(16-7-9-17(27)10-8-16)25(34(15)2)20-11-12-23-31-22(14-35(23)33-20)32-26(36)21-13-28-18-5-3-4-6-19(18)30-21/h3-14H,1-2H3,(H,32,36). The molecule has 0 aliphatic carbocycles. The quantitative estimate of drug-likeness (QED) is 0.402. The van der Waals surface area contributed by atoms with Gasteiger partial charge in [-0.15, -0.1) is 0 Å². The van der Waals surface area contributed by atoms with E-state index in [4.69, 9.17) is 5.10 Å². The van der Waals surface area contributed by atoms with Crippen LogP contribution in [0.4, 0.5) is 10.2 Å². The molecule has 0 fully saturated rings. The predicted octanol–water partition coefficient (Wildman–Crippen LogP) is 4.44. The van der Waals surface area contributed by atoms with Gasteiger partial charge in [-0.2, -0.15) is 5.10 Å². The Kier molecular flexibility index (Phi) is 4.99. The van der Waals surface area contributed by atoms with Crippen molar-refractivity contribution in [3.8, 4) is 22.6 Å². The molecule has 0 atom stereocenters. The van der Waals surface area contributed by atoms with E-state index >= 15 is 0 Å². The normalized spacial score (nSPS) is 11.3. The van der Waals surface area contributed by atoms with Crippen molar-refractivity contribution in [1.29, 1.82) is 0 Å². The van der Waals surface area contributed by atoms with Crippen LogP contribution >= 0.6 is 0 Å². The third-order valence-electron chi connectivity index (χ3n) is 5.92. The molecule has 36 heavy (non-hydrogen) atoms. The summed E-state index contributed by atoms with van der Waals surface area (Å²) in [6, 6.07) is 17.2.